The molecular weight excluding hydrogens is 282 g/mol. The first-order valence-corrected chi connectivity index (χ1v) is 6.44. The van der Waals surface area contributed by atoms with E-state index in [1.165, 1.54) is 24.3 Å². The maximum absolute atomic E-state index is 12.9. The second-order valence-electron chi connectivity index (χ2n) is 4.00. The zero-order valence-electron chi connectivity index (χ0n) is 10.1. The van der Waals surface area contributed by atoms with E-state index in [1.807, 2.05) is 0 Å². The molecule has 6 heteroatoms. The van der Waals surface area contributed by atoms with Crippen LogP contribution >= 0.6 is 12.2 Å². The SMILES string of the molecule is Fc1ccc(C2=NSOC(c3ccc(F)cc3)=N2)cc1. The van der Waals surface area contributed by atoms with Gasteiger partial charge >= 0.3 is 0 Å². The minimum absolute atomic E-state index is 0.322. The number of benzene rings is 2. The molecule has 1 aliphatic rings. The van der Waals surface area contributed by atoms with Crippen LogP contribution in [0.4, 0.5) is 8.78 Å². The number of nitrogens with zero attached hydrogens (tertiary/aromatic N) is 2. The average molecular weight is 290 g/mol. The summed E-state index contributed by atoms with van der Waals surface area (Å²) in [7, 11) is 0. The Morgan fingerprint density at radius 2 is 1.35 bits per heavy atom. The van der Waals surface area contributed by atoms with Gasteiger partial charge in [0.05, 0.1) is 0 Å². The van der Waals surface area contributed by atoms with E-state index in [4.69, 9.17) is 4.18 Å². The molecule has 0 N–H and O–H groups in total. The van der Waals surface area contributed by atoms with E-state index in [-0.39, 0.29) is 11.6 Å². The maximum Gasteiger partial charge on any atom is 0.239 e. The molecule has 1 aliphatic heterocycles. The molecule has 0 unspecified atom stereocenters. The van der Waals surface area contributed by atoms with Crippen molar-refractivity contribution in [1.29, 1.82) is 0 Å². The number of hydrogen-bond acceptors (Lipinski definition) is 4. The Morgan fingerprint density at radius 1 is 0.800 bits per heavy atom. The van der Waals surface area contributed by atoms with Gasteiger partial charge in [0.25, 0.3) is 0 Å². The molecule has 3 nitrogen and oxygen atoms in total. The maximum atomic E-state index is 12.9. The van der Waals surface area contributed by atoms with Crippen molar-refractivity contribution in [2.24, 2.45) is 9.39 Å². The van der Waals surface area contributed by atoms with Gasteiger partial charge in [0.15, 0.2) is 5.84 Å². The van der Waals surface area contributed by atoms with Crippen molar-refractivity contribution in [3.8, 4) is 0 Å². The van der Waals surface area contributed by atoms with Crippen LogP contribution in [0.25, 0.3) is 0 Å². The topological polar surface area (TPSA) is 34.0 Å². The second-order valence-corrected chi connectivity index (χ2v) is 4.50. The van der Waals surface area contributed by atoms with Crippen LogP contribution in [0.3, 0.4) is 0 Å². The molecule has 0 radical (unpaired) electrons. The van der Waals surface area contributed by atoms with E-state index in [2.05, 4.69) is 9.39 Å². The Balaban J connectivity index is 1.92. The van der Waals surface area contributed by atoms with E-state index in [0.29, 0.717) is 22.9 Å². The Bertz CT molecular complexity index is 681. The van der Waals surface area contributed by atoms with Crippen LogP contribution in [0.15, 0.2) is 57.9 Å². The summed E-state index contributed by atoms with van der Waals surface area (Å²) < 4.78 is 35.1. The molecule has 0 fully saturated rings. The summed E-state index contributed by atoms with van der Waals surface area (Å²) in [5, 5.41) is 0. The van der Waals surface area contributed by atoms with E-state index < -0.39 is 0 Å². The first-order chi connectivity index (χ1) is 9.72. The molecule has 0 aliphatic carbocycles. The average Bonchev–Trinajstić information content (AvgIpc) is 2.49. The number of hydrogen-bond donors (Lipinski definition) is 0. The van der Waals surface area contributed by atoms with Crippen LogP contribution < -0.4 is 0 Å². The molecule has 2 aromatic carbocycles. The highest BCUT2D eigenvalue weighted by atomic mass is 32.2. The molecule has 100 valence electrons. The summed E-state index contributed by atoms with van der Waals surface area (Å²) >= 11 is 0.879. The van der Waals surface area contributed by atoms with Crippen molar-refractivity contribution in [2.45, 2.75) is 0 Å². The fraction of sp³-hybridized carbons (Fsp3) is 0. The summed E-state index contributed by atoms with van der Waals surface area (Å²) in [5.74, 6) is 0.118. The Kier molecular flexibility index (Phi) is 3.47. The van der Waals surface area contributed by atoms with E-state index in [9.17, 15) is 8.78 Å². The lowest BCUT2D eigenvalue weighted by Crippen LogP contribution is -2.11. The molecule has 1 heterocycles. The fourth-order valence-corrected chi connectivity index (χ4v) is 2.10. The summed E-state index contributed by atoms with van der Waals surface area (Å²) in [4.78, 5) is 4.26. The third kappa shape index (κ3) is 2.70. The first kappa shape index (κ1) is 12.8. The molecule has 0 amide bonds. The van der Waals surface area contributed by atoms with Crippen molar-refractivity contribution in [1.82, 2.24) is 0 Å². The van der Waals surface area contributed by atoms with Crippen molar-refractivity contribution in [2.75, 3.05) is 0 Å². The van der Waals surface area contributed by atoms with Gasteiger partial charge in [-0.25, -0.2) is 8.78 Å². The molecule has 0 atom stereocenters. The van der Waals surface area contributed by atoms with Gasteiger partial charge in [-0.1, -0.05) is 0 Å². The Labute approximate surface area is 118 Å². The quantitative estimate of drug-likeness (QED) is 0.623. The van der Waals surface area contributed by atoms with Gasteiger partial charge in [0.2, 0.25) is 18.1 Å². The number of aliphatic imine (C=N–C) groups is 1. The van der Waals surface area contributed by atoms with E-state index >= 15 is 0 Å². The largest absolute Gasteiger partial charge is 0.383 e. The van der Waals surface area contributed by atoms with Gasteiger partial charge in [-0.3, -0.25) is 0 Å². The highest BCUT2D eigenvalue weighted by Crippen LogP contribution is 2.20. The van der Waals surface area contributed by atoms with Crippen LogP contribution in [0.1, 0.15) is 11.1 Å². The van der Waals surface area contributed by atoms with Crippen LogP contribution in [0.2, 0.25) is 0 Å². The van der Waals surface area contributed by atoms with Crippen LogP contribution in [-0.2, 0) is 4.18 Å². The minimum atomic E-state index is -0.328. The zero-order chi connectivity index (χ0) is 13.9. The van der Waals surface area contributed by atoms with Gasteiger partial charge in [0, 0.05) is 11.1 Å². The lowest BCUT2D eigenvalue weighted by atomic mass is 10.2. The van der Waals surface area contributed by atoms with Crippen molar-refractivity contribution >= 4 is 24.0 Å². The van der Waals surface area contributed by atoms with E-state index in [1.54, 1.807) is 24.3 Å². The van der Waals surface area contributed by atoms with Gasteiger partial charge < -0.3 is 4.18 Å². The molecule has 0 saturated heterocycles. The minimum Gasteiger partial charge on any atom is -0.383 e. The summed E-state index contributed by atoms with van der Waals surface area (Å²) in [6.07, 6.45) is 0. The molecule has 20 heavy (non-hydrogen) atoms. The first-order valence-electron chi connectivity index (χ1n) is 5.74. The van der Waals surface area contributed by atoms with Crippen LogP contribution in [0.5, 0.6) is 0 Å². The molecular formula is C14H8F2N2OS. The number of halogens is 2. The van der Waals surface area contributed by atoms with Crippen LogP contribution in [-0.4, -0.2) is 11.7 Å². The van der Waals surface area contributed by atoms with Crippen molar-refractivity contribution < 1.29 is 13.0 Å². The lowest BCUT2D eigenvalue weighted by Gasteiger charge is -2.11. The van der Waals surface area contributed by atoms with E-state index in [0.717, 1.165) is 12.2 Å². The van der Waals surface area contributed by atoms with Gasteiger partial charge in [-0.2, -0.15) is 9.39 Å². The summed E-state index contributed by atoms with van der Waals surface area (Å²) in [6, 6.07) is 11.7. The third-order valence-corrected chi connectivity index (χ3v) is 3.12. The normalized spacial score (nSPS) is 14.3. The van der Waals surface area contributed by atoms with Gasteiger partial charge in [-0.15, -0.1) is 0 Å². The van der Waals surface area contributed by atoms with Crippen molar-refractivity contribution in [3.63, 3.8) is 0 Å². The highest BCUT2D eigenvalue weighted by Gasteiger charge is 2.15. The highest BCUT2D eigenvalue weighted by molar-refractivity contribution is 7.94. The predicted molar refractivity (Wildman–Crippen MR) is 74.6 cm³/mol. The second kappa shape index (κ2) is 5.42. The standard InChI is InChI=1S/C14H8F2N2OS/c15-11-5-1-9(2-6-11)13-17-14(19-20-18-13)10-3-7-12(16)8-4-10/h1-8H. The Hall–Kier alpha value is -2.21. The third-order valence-electron chi connectivity index (χ3n) is 2.64. The monoisotopic (exact) mass is 290 g/mol. The molecule has 0 aromatic heterocycles. The summed E-state index contributed by atoms with van der Waals surface area (Å²) in [6.45, 7) is 0. The van der Waals surface area contributed by atoms with Crippen molar-refractivity contribution in [3.05, 3.63) is 71.3 Å². The molecule has 2 aromatic rings. The summed E-state index contributed by atoms with van der Waals surface area (Å²) in [5.41, 5.74) is 1.33. The lowest BCUT2D eigenvalue weighted by molar-refractivity contribution is 0.625. The van der Waals surface area contributed by atoms with Gasteiger partial charge in [-0.05, 0) is 48.5 Å². The molecule has 0 bridgehead atoms. The number of rotatable bonds is 2. The smallest absolute Gasteiger partial charge is 0.239 e. The van der Waals surface area contributed by atoms with Crippen LogP contribution in [0, 0.1) is 11.6 Å². The zero-order valence-corrected chi connectivity index (χ0v) is 10.9. The molecule has 3 rings (SSSR count). The predicted octanol–water partition coefficient (Wildman–Crippen LogP) is 3.75. The van der Waals surface area contributed by atoms with Gasteiger partial charge in [0.1, 0.15) is 11.6 Å². The number of amidine groups is 1. The molecule has 0 saturated carbocycles. The fourth-order valence-electron chi connectivity index (χ4n) is 1.65. The Morgan fingerprint density at radius 3 is 1.95 bits per heavy atom. The molecule has 0 spiro atoms.